The molecule has 5 rings (SSSR count). The quantitative estimate of drug-likeness (QED) is 0.409. The van der Waals surface area contributed by atoms with Gasteiger partial charge in [0.05, 0.1) is 17.8 Å². The number of fused-ring (bicyclic) bond motifs is 3. The van der Waals surface area contributed by atoms with Crippen molar-refractivity contribution in [3.8, 4) is 11.3 Å². The minimum Gasteiger partial charge on any atom is -0.399 e. The summed E-state index contributed by atoms with van der Waals surface area (Å²) in [4.78, 5) is 22.5. The molecule has 0 aliphatic heterocycles. The normalized spacial score (nSPS) is 13.0. The molecule has 6 nitrogen and oxygen atoms in total. The van der Waals surface area contributed by atoms with Crippen LogP contribution in [0, 0.1) is 0 Å². The number of carbonyl (C=O) groups excluding carboxylic acids is 1. The molecule has 1 atom stereocenters. The number of anilines is 2. The van der Waals surface area contributed by atoms with Crippen LogP contribution >= 0.6 is 0 Å². The number of nitrogens with one attached hydrogen (secondary N) is 1. The first-order valence-electron chi connectivity index (χ1n) is 10.9. The van der Waals surface area contributed by atoms with Gasteiger partial charge in [-0.15, -0.1) is 0 Å². The molecule has 0 bridgehead atoms. The van der Waals surface area contributed by atoms with Gasteiger partial charge in [-0.2, -0.15) is 0 Å². The fraction of sp³-hybridized carbons (Fsp3) is 0.148. The van der Waals surface area contributed by atoms with Crippen molar-refractivity contribution in [3.05, 3.63) is 107 Å². The SMILES string of the molecule is Nc1ccc2c(c1)CCc1nc(NC(=O)Cc3ccccc3)c(C(O)c3ccccc3)nc1-2. The molecule has 1 heterocycles. The van der Waals surface area contributed by atoms with Gasteiger partial charge in [0.25, 0.3) is 0 Å². The lowest BCUT2D eigenvalue weighted by atomic mass is 9.91. The first-order chi connectivity index (χ1) is 16.1. The summed E-state index contributed by atoms with van der Waals surface area (Å²) >= 11 is 0. The average molecular weight is 437 g/mol. The van der Waals surface area contributed by atoms with Gasteiger partial charge in [0.15, 0.2) is 5.82 Å². The molecule has 1 amide bonds. The van der Waals surface area contributed by atoms with Crippen molar-refractivity contribution in [2.45, 2.75) is 25.4 Å². The smallest absolute Gasteiger partial charge is 0.229 e. The third kappa shape index (κ3) is 4.33. The minimum absolute atomic E-state index is 0.207. The highest BCUT2D eigenvalue weighted by Gasteiger charge is 2.26. The highest BCUT2D eigenvalue weighted by molar-refractivity contribution is 5.92. The number of aliphatic hydroxyl groups is 1. The van der Waals surface area contributed by atoms with Crippen LogP contribution in [-0.4, -0.2) is 21.0 Å². The monoisotopic (exact) mass is 436 g/mol. The Kier molecular flexibility index (Phi) is 5.59. The van der Waals surface area contributed by atoms with Crippen molar-refractivity contribution in [3.63, 3.8) is 0 Å². The molecule has 1 unspecified atom stereocenters. The van der Waals surface area contributed by atoms with Crippen LogP contribution in [0.5, 0.6) is 0 Å². The predicted octanol–water partition coefficient (Wildman–Crippen LogP) is 4.09. The van der Waals surface area contributed by atoms with Gasteiger partial charge in [0.1, 0.15) is 11.8 Å². The Morgan fingerprint density at radius 1 is 0.970 bits per heavy atom. The van der Waals surface area contributed by atoms with Gasteiger partial charge in [-0.05, 0) is 41.7 Å². The van der Waals surface area contributed by atoms with Crippen LogP contribution in [0.3, 0.4) is 0 Å². The molecule has 1 aromatic heterocycles. The molecule has 33 heavy (non-hydrogen) atoms. The van der Waals surface area contributed by atoms with Crippen molar-refractivity contribution >= 4 is 17.4 Å². The molecule has 1 aliphatic rings. The number of rotatable bonds is 5. The van der Waals surface area contributed by atoms with Gasteiger partial charge in [-0.25, -0.2) is 9.97 Å². The summed E-state index contributed by atoms with van der Waals surface area (Å²) in [6.45, 7) is 0. The van der Waals surface area contributed by atoms with E-state index in [0.717, 1.165) is 34.5 Å². The number of nitrogen functional groups attached to an aromatic ring is 1. The Morgan fingerprint density at radius 3 is 2.45 bits per heavy atom. The summed E-state index contributed by atoms with van der Waals surface area (Å²) in [7, 11) is 0. The molecular weight excluding hydrogens is 412 g/mol. The molecule has 4 N–H and O–H groups in total. The van der Waals surface area contributed by atoms with E-state index < -0.39 is 6.10 Å². The Balaban J connectivity index is 1.56. The van der Waals surface area contributed by atoms with E-state index in [-0.39, 0.29) is 12.3 Å². The number of aliphatic hydroxyl groups excluding tert-OH is 1. The lowest BCUT2D eigenvalue weighted by Gasteiger charge is -2.23. The third-order valence-corrected chi connectivity index (χ3v) is 5.85. The first kappa shape index (κ1) is 20.8. The van der Waals surface area contributed by atoms with E-state index in [1.54, 1.807) is 0 Å². The van der Waals surface area contributed by atoms with Gasteiger partial charge in [-0.1, -0.05) is 66.7 Å². The molecule has 0 saturated carbocycles. The molecule has 0 radical (unpaired) electrons. The zero-order valence-electron chi connectivity index (χ0n) is 18.0. The van der Waals surface area contributed by atoms with E-state index >= 15 is 0 Å². The number of benzene rings is 3. The largest absolute Gasteiger partial charge is 0.399 e. The fourth-order valence-electron chi connectivity index (χ4n) is 4.21. The Morgan fingerprint density at radius 2 is 1.70 bits per heavy atom. The molecule has 0 spiro atoms. The van der Waals surface area contributed by atoms with Crippen molar-refractivity contribution in [1.82, 2.24) is 9.97 Å². The van der Waals surface area contributed by atoms with Crippen molar-refractivity contribution in [2.24, 2.45) is 0 Å². The van der Waals surface area contributed by atoms with Gasteiger partial charge >= 0.3 is 0 Å². The molecule has 0 fully saturated rings. The number of nitrogens with two attached hydrogens (primary N) is 1. The third-order valence-electron chi connectivity index (χ3n) is 5.85. The van der Waals surface area contributed by atoms with Crippen LogP contribution < -0.4 is 11.1 Å². The van der Waals surface area contributed by atoms with Crippen LogP contribution in [0.25, 0.3) is 11.3 Å². The van der Waals surface area contributed by atoms with Crippen LogP contribution in [0.15, 0.2) is 78.9 Å². The molecule has 164 valence electrons. The van der Waals surface area contributed by atoms with Crippen LogP contribution in [0.4, 0.5) is 11.5 Å². The molecular formula is C27H24N4O2. The summed E-state index contributed by atoms with van der Waals surface area (Å²) in [6.07, 6.45) is 0.653. The fourth-order valence-corrected chi connectivity index (χ4v) is 4.21. The van der Waals surface area contributed by atoms with Crippen LogP contribution in [0.1, 0.15) is 34.2 Å². The average Bonchev–Trinajstić information content (AvgIpc) is 2.84. The highest BCUT2D eigenvalue weighted by Crippen LogP contribution is 2.36. The molecule has 1 aliphatic carbocycles. The maximum absolute atomic E-state index is 12.8. The zero-order valence-corrected chi connectivity index (χ0v) is 18.0. The van der Waals surface area contributed by atoms with Gasteiger partial charge in [0, 0.05) is 11.3 Å². The van der Waals surface area contributed by atoms with E-state index in [4.69, 9.17) is 15.7 Å². The Labute approximate surface area is 192 Å². The van der Waals surface area contributed by atoms with Gasteiger partial charge < -0.3 is 16.2 Å². The lowest BCUT2D eigenvalue weighted by Crippen LogP contribution is -2.21. The van der Waals surface area contributed by atoms with E-state index in [2.05, 4.69) is 5.32 Å². The van der Waals surface area contributed by atoms with Crippen LogP contribution in [-0.2, 0) is 24.1 Å². The number of aromatic nitrogens is 2. The van der Waals surface area contributed by atoms with E-state index in [9.17, 15) is 9.90 Å². The lowest BCUT2D eigenvalue weighted by molar-refractivity contribution is -0.115. The molecule has 4 aromatic rings. The summed E-state index contributed by atoms with van der Waals surface area (Å²) in [6, 6.07) is 24.5. The van der Waals surface area contributed by atoms with E-state index in [0.29, 0.717) is 29.2 Å². The summed E-state index contributed by atoms with van der Waals surface area (Å²) in [5, 5.41) is 14.1. The summed E-state index contributed by atoms with van der Waals surface area (Å²) in [5.74, 6) is 0.0888. The maximum atomic E-state index is 12.8. The number of carbonyl (C=O) groups is 1. The second kappa shape index (κ2) is 8.84. The highest BCUT2D eigenvalue weighted by atomic mass is 16.3. The summed E-state index contributed by atoms with van der Waals surface area (Å²) in [5.41, 5.74) is 12.2. The topological polar surface area (TPSA) is 101 Å². The van der Waals surface area contributed by atoms with Gasteiger partial charge in [-0.3, -0.25) is 4.79 Å². The van der Waals surface area contributed by atoms with E-state index in [1.807, 2.05) is 78.9 Å². The number of hydrogen-bond donors (Lipinski definition) is 3. The van der Waals surface area contributed by atoms with E-state index in [1.165, 1.54) is 0 Å². The second-order valence-corrected chi connectivity index (χ2v) is 8.19. The number of aryl methyl sites for hydroxylation is 2. The van der Waals surface area contributed by atoms with Crippen molar-refractivity contribution < 1.29 is 9.90 Å². The second-order valence-electron chi connectivity index (χ2n) is 8.19. The van der Waals surface area contributed by atoms with Crippen molar-refractivity contribution in [1.29, 1.82) is 0 Å². The van der Waals surface area contributed by atoms with Crippen LogP contribution in [0.2, 0.25) is 0 Å². The van der Waals surface area contributed by atoms with Gasteiger partial charge in [0.2, 0.25) is 5.91 Å². The number of amides is 1. The minimum atomic E-state index is -1.03. The predicted molar refractivity (Wildman–Crippen MR) is 129 cm³/mol. The summed E-state index contributed by atoms with van der Waals surface area (Å²) < 4.78 is 0. The number of nitrogens with zero attached hydrogens (tertiary/aromatic N) is 2. The maximum Gasteiger partial charge on any atom is 0.229 e. The number of hydrogen-bond acceptors (Lipinski definition) is 5. The molecule has 3 aromatic carbocycles. The molecule has 6 heteroatoms. The Bertz CT molecular complexity index is 1310. The zero-order chi connectivity index (χ0) is 22.8. The van der Waals surface area contributed by atoms with Crippen molar-refractivity contribution in [2.75, 3.05) is 11.1 Å². The first-order valence-corrected chi connectivity index (χ1v) is 10.9. The molecule has 0 saturated heterocycles. The standard InChI is InChI=1S/C27H24N4O2/c28-20-12-13-21-19(16-20)11-14-22-24(21)31-25(26(33)18-9-5-2-6-10-18)27(29-22)30-23(32)15-17-7-3-1-4-8-17/h1-10,12-13,16,26,33H,11,14-15,28H2,(H,29,30,32). The Hall–Kier alpha value is -4.03.